The van der Waals surface area contributed by atoms with Crippen molar-refractivity contribution < 1.29 is 9.90 Å². The Kier molecular flexibility index (Phi) is 11.3. The molecule has 0 aromatic rings. The van der Waals surface area contributed by atoms with Gasteiger partial charge in [-0.15, -0.1) is 0 Å². The van der Waals surface area contributed by atoms with Crippen LogP contribution in [0.1, 0.15) is 40.5 Å². The van der Waals surface area contributed by atoms with Crippen LogP contribution < -0.4 is 11.6 Å². The van der Waals surface area contributed by atoms with Gasteiger partial charge in [0.25, 0.3) is 0 Å². The second-order valence-electron chi connectivity index (χ2n) is 3.10. The van der Waals surface area contributed by atoms with Crippen molar-refractivity contribution in [3.05, 3.63) is 11.4 Å². The minimum atomic E-state index is -0.174. The summed E-state index contributed by atoms with van der Waals surface area (Å²) in [5.41, 5.74) is 6.29. The third-order valence-electron chi connectivity index (χ3n) is 1.77. The Balaban J connectivity index is 0. The van der Waals surface area contributed by atoms with Gasteiger partial charge in [0.2, 0.25) is 0 Å². The number of Topliss-reactive ketones (excluding diaryl/α,β-unsaturated/α-hetero) is 1. The molecular formula is C11H25N3O2. The van der Waals surface area contributed by atoms with Crippen molar-refractivity contribution in [1.29, 1.82) is 0 Å². The van der Waals surface area contributed by atoms with Gasteiger partial charge in [-0.2, -0.15) is 0 Å². The van der Waals surface area contributed by atoms with Gasteiger partial charge in [0.1, 0.15) is 5.70 Å². The van der Waals surface area contributed by atoms with Crippen molar-refractivity contribution in [2.24, 2.45) is 11.6 Å². The normalized spacial score (nSPS) is 11.1. The molecule has 5 nitrogen and oxygen atoms in total. The maximum Gasteiger partial charge on any atom is 0.178 e. The molecule has 0 aromatic carbocycles. The lowest BCUT2D eigenvalue weighted by Gasteiger charge is -2.21. The number of hydrazine groups is 1. The van der Waals surface area contributed by atoms with E-state index in [1.165, 1.54) is 11.9 Å². The average Bonchev–Trinajstić information content (AvgIpc) is 2.21. The predicted octanol–water partition coefficient (Wildman–Crippen LogP) is 0.740. The van der Waals surface area contributed by atoms with Gasteiger partial charge < -0.3 is 15.8 Å². The number of allylic oxidation sites excluding steroid dienone is 1. The van der Waals surface area contributed by atoms with Crippen LogP contribution in [0.5, 0.6) is 0 Å². The molecule has 0 aliphatic carbocycles. The quantitative estimate of drug-likeness (QED) is 0.356. The van der Waals surface area contributed by atoms with Crippen molar-refractivity contribution in [2.45, 2.75) is 40.5 Å². The van der Waals surface area contributed by atoms with Gasteiger partial charge in [-0.05, 0) is 6.42 Å². The standard InChI is InChI=1S/C9H19N3O2.C2H6/c1-3-5-12(11)9(7(2)14)8(10)4-6-13;1-2/h13H,3-6,10-11H2,1-2H3;1-2H3/b9-8-;. The first-order chi connectivity index (χ1) is 7.54. The number of carbonyl (C=O) groups excluding carboxylic acids is 1. The summed E-state index contributed by atoms with van der Waals surface area (Å²) in [5, 5.41) is 10.0. The summed E-state index contributed by atoms with van der Waals surface area (Å²) >= 11 is 0. The first-order valence-electron chi connectivity index (χ1n) is 5.67. The maximum atomic E-state index is 11.2. The van der Waals surface area contributed by atoms with E-state index < -0.39 is 0 Å². The molecule has 0 bridgehead atoms. The molecule has 96 valence electrons. The first kappa shape index (κ1) is 17.3. The van der Waals surface area contributed by atoms with Crippen LogP contribution in [0.3, 0.4) is 0 Å². The van der Waals surface area contributed by atoms with E-state index in [0.717, 1.165) is 6.42 Å². The van der Waals surface area contributed by atoms with Crippen LogP contribution in [0.2, 0.25) is 0 Å². The van der Waals surface area contributed by atoms with Gasteiger partial charge in [-0.25, -0.2) is 5.84 Å². The molecule has 5 heteroatoms. The molecule has 0 atom stereocenters. The third kappa shape index (κ3) is 6.42. The van der Waals surface area contributed by atoms with E-state index in [0.29, 0.717) is 17.9 Å². The summed E-state index contributed by atoms with van der Waals surface area (Å²) in [5.74, 6) is 5.48. The third-order valence-corrected chi connectivity index (χ3v) is 1.77. The summed E-state index contributed by atoms with van der Waals surface area (Å²) in [6.07, 6.45) is 1.10. The molecule has 0 aliphatic rings. The zero-order valence-corrected chi connectivity index (χ0v) is 10.8. The molecule has 0 amide bonds. The molecule has 0 aliphatic heterocycles. The summed E-state index contributed by atoms with van der Waals surface area (Å²) in [6, 6.07) is 0. The fraction of sp³-hybridized carbons (Fsp3) is 0.727. The SMILES string of the molecule is CC.CCCN(N)/C(C(C)=O)=C(\N)CCO. The Bertz CT molecular complexity index is 227. The number of nitrogens with two attached hydrogens (primary N) is 2. The molecule has 0 spiro atoms. The second-order valence-corrected chi connectivity index (χ2v) is 3.10. The summed E-state index contributed by atoms with van der Waals surface area (Å²) < 4.78 is 0. The van der Waals surface area contributed by atoms with E-state index in [-0.39, 0.29) is 18.8 Å². The molecule has 0 rings (SSSR count). The molecule has 0 radical (unpaired) electrons. The Labute approximate surface area is 98.1 Å². The lowest BCUT2D eigenvalue weighted by atomic mass is 10.2. The van der Waals surface area contributed by atoms with E-state index in [4.69, 9.17) is 16.7 Å². The van der Waals surface area contributed by atoms with Gasteiger partial charge in [-0.3, -0.25) is 4.79 Å². The Hall–Kier alpha value is -1.07. The van der Waals surface area contributed by atoms with Crippen molar-refractivity contribution >= 4 is 5.78 Å². The number of rotatable bonds is 6. The van der Waals surface area contributed by atoms with Gasteiger partial charge in [0.05, 0.1) is 0 Å². The topological polar surface area (TPSA) is 92.6 Å². The van der Waals surface area contributed by atoms with Crippen LogP contribution in [0.25, 0.3) is 0 Å². The molecule has 0 aromatic heterocycles. The minimum Gasteiger partial charge on any atom is -0.400 e. The molecule has 16 heavy (non-hydrogen) atoms. The number of hydrogen-bond donors (Lipinski definition) is 3. The van der Waals surface area contributed by atoms with Gasteiger partial charge >= 0.3 is 0 Å². The lowest BCUT2D eigenvalue weighted by Crippen LogP contribution is -2.36. The van der Waals surface area contributed by atoms with Crippen molar-refractivity contribution in [3.8, 4) is 0 Å². The van der Waals surface area contributed by atoms with E-state index in [1.807, 2.05) is 20.8 Å². The van der Waals surface area contributed by atoms with Crippen LogP contribution >= 0.6 is 0 Å². The fourth-order valence-electron chi connectivity index (χ4n) is 1.20. The van der Waals surface area contributed by atoms with Gasteiger partial charge in [-0.1, -0.05) is 20.8 Å². The molecule has 0 fully saturated rings. The van der Waals surface area contributed by atoms with Crippen LogP contribution in [0.4, 0.5) is 0 Å². The monoisotopic (exact) mass is 231 g/mol. The highest BCUT2D eigenvalue weighted by Gasteiger charge is 2.13. The number of ketones is 1. The largest absolute Gasteiger partial charge is 0.400 e. The molecular weight excluding hydrogens is 206 g/mol. The second kappa shape index (κ2) is 10.4. The van der Waals surface area contributed by atoms with Crippen molar-refractivity contribution in [2.75, 3.05) is 13.2 Å². The smallest absolute Gasteiger partial charge is 0.178 e. The molecule has 5 N–H and O–H groups in total. The fourth-order valence-corrected chi connectivity index (χ4v) is 1.20. The van der Waals surface area contributed by atoms with Gasteiger partial charge in [0.15, 0.2) is 5.78 Å². The highest BCUT2D eigenvalue weighted by Crippen LogP contribution is 2.07. The highest BCUT2D eigenvalue weighted by atomic mass is 16.3. The number of carbonyl (C=O) groups is 1. The van der Waals surface area contributed by atoms with Crippen LogP contribution in [0.15, 0.2) is 11.4 Å². The molecule has 0 saturated heterocycles. The zero-order valence-electron chi connectivity index (χ0n) is 10.8. The minimum absolute atomic E-state index is 0.0808. The highest BCUT2D eigenvalue weighted by molar-refractivity contribution is 5.93. The Morgan fingerprint density at radius 2 is 1.88 bits per heavy atom. The van der Waals surface area contributed by atoms with E-state index >= 15 is 0 Å². The maximum absolute atomic E-state index is 11.2. The number of hydrogen-bond acceptors (Lipinski definition) is 5. The summed E-state index contributed by atoms with van der Waals surface area (Å²) in [6.45, 7) is 7.86. The number of aliphatic hydroxyl groups is 1. The number of nitrogens with zero attached hydrogens (tertiary/aromatic N) is 1. The average molecular weight is 231 g/mol. The van der Waals surface area contributed by atoms with E-state index in [1.54, 1.807) is 0 Å². The van der Waals surface area contributed by atoms with E-state index in [2.05, 4.69) is 0 Å². The summed E-state index contributed by atoms with van der Waals surface area (Å²) in [4.78, 5) is 11.2. The van der Waals surface area contributed by atoms with Crippen LogP contribution in [-0.2, 0) is 4.79 Å². The van der Waals surface area contributed by atoms with Crippen molar-refractivity contribution in [3.63, 3.8) is 0 Å². The predicted molar refractivity (Wildman–Crippen MR) is 66.1 cm³/mol. The van der Waals surface area contributed by atoms with E-state index in [9.17, 15) is 4.79 Å². The van der Waals surface area contributed by atoms with Crippen LogP contribution in [-0.4, -0.2) is 29.1 Å². The lowest BCUT2D eigenvalue weighted by molar-refractivity contribution is -0.115. The summed E-state index contributed by atoms with van der Waals surface area (Å²) in [7, 11) is 0. The zero-order chi connectivity index (χ0) is 13.1. The Morgan fingerprint density at radius 1 is 1.38 bits per heavy atom. The van der Waals surface area contributed by atoms with Crippen LogP contribution in [0, 0.1) is 0 Å². The first-order valence-corrected chi connectivity index (χ1v) is 5.67. The number of aliphatic hydroxyl groups excluding tert-OH is 1. The van der Waals surface area contributed by atoms with Crippen molar-refractivity contribution in [1.82, 2.24) is 5.01 Å². The van der Waals surface area contributed by atoms with Gasteiger partial charge in [0, 0.05) is 32.2 Å². The molecule has 0 unspecified atom stereocenters. The molecule has 0 heterocycles. The Morgan fingerprint density at radius 3 is 2.19 bits per heavy atom. The molecule has 0 saturated carbocycles.